The van der Waals surface area contributed by atoms with Crippen molar-refractivity contribution in [3.63, 3.8) is 0 Å². The Morgan fingerprint density at radius 1 is 1.64 bits per heavy atom. The fourth-order valence-corrected chi connectivity index (χ4v) is 1.74. The number of nitrogens with zero attached hydrogens (tertiary/aromatic N) is 3. The monoisotopic (exact) mass is 197 g/mol. The molecule has 1 atom stereocenters. The molecule has 5 heteroatoms. The quantitative estimate of drug-likeness (QED) is 0.756. The summed E-state index contributed by atoms with van der Waals surface area (Å²) in [5.74, 6) is 0.628. The molecule has 0 radical (unpaired) electrons. The van der Waals surface area contributed by atoms with Crippen LogP contribution in [0.3, 0.4) is 0 Å². The predicted octanol–water partition coefficient (Wildman–Crippen LogP) is 0.339. The zero-order valence-corrected chi connectivity index (χ0v) is 8.09. The summed E-state index contributed by atoms with van der Waals surface area (Å²) in [6, 6.07) is 0. The Morgan fingerprint density at radius 3 is 3.29 bits per heavy atom. The molecule has 0 saturated carbocycles. The second-order valence-corrected chi connectivity index (χ2v) is 3.52. The van der Waals surface area contributed by atoms with Gasteiger partial charge in [-0.1, -0.05) is 0 Å². The molecule has 78 valence electrons. The van der Waals surface area contributed by atoms with Gasteiger partial charge in [-0.05, 0) is 19.3 Å². The van der Waals surface area contributed by atoms with Crippen LogP contribution in [0.4, 0.5) is 0 Å². The van der Waals surface area contributed by atoms with Crippen LogP contribution in [-0.4, -0.2) is 32.6 Å². The SMILES string of the molecule is OCc1nncn1CCC1CCCO1. The number of aliphatic hydroxyl groups excluding tert-OH is 1. The van der Waals surface area contributed by atoms with Gasteiger partial charge < -0.3 is 14.4 Å². The largest absolute Gasteiger partial charge is 0.388 e. The molecule has 0 spiro atoms. The van der Waals surface area contributed by atoms with Gasteiger partial charge in [0.15, 0.2) is 5.82 Å². The lowest BCUT2D eigenvalue weighted by Gasteiger charge is -2.09. The van der Waals surface area contributed by atoms with E-state index in [0.29, 0.717) is 11.9 Å². The number of ether oxygens (including phenoxy) is 1. The molecule has 1 N–H and O–H groups in total. The van der Waals surface area contributed by atoms with Crippen LogP contribution in [0.2, 0.25) is 0 Å². The van der Waals surface area contributed by atoms with E-state index in [1.54, 1.807) is 6.33 Å². The number of aryl methyl sites for hydroxylation is 1. The average Bonchev–Trinajstić information content (AvgIpc) is 2.85. The Morgan fingerprint density at radius 2 is 2.57 bits per heavy atom. The number of aromatic nitrogens is 3. The lowest BCUT2D eigenvalue weighted by Crippen LogP contribution is -2.11. The number of aliphatic hydroxyl groups is 1. The molecule has 1 aliphatic rings. The third-order valence-electron chi connectivity index (χ3n) is 2.55. The van der Waals surface area contributed by atoms with Crippen molar-refractivity contribution in [2.24, 2.45) is 0 Å². The summed E-state index contributed by atoms with van der Waals surface area (Å²) in [6.45, 7) is 1.67. The summed E-state index contributed by atoms with van der Waals surface area (Å²) in [7, 11) is 0. The van der Waals surface area contributed by atoms with Crippen LogP contribution in [0, 0.1) is 0 Å². The zero-order chi connectivity index (χ0) is 9.80. The van der Waals surface area contributed by atoms with Gasteiger partial charge in [-0.3, -0.25) is 0 Å². The highest BCUT2D eigenvalue weighted by Gasteiger charge is 2.15. The van der Waals surface area contributed by atoms with E-state index in [-0.39, 0.29) is 6.61 Å². The maximum Gasteiger partial charge on any atom is 0.158 e. The lowest BCUT2D eigenvalue weighted by atomic mass is 10.2. The maximum absolute atomic E-state index is 8.94. The Hall–Kier alpha value is -0.940. The van der Waals surface area contributed by atoms with E-state index in [0.717, 1.165) is 26.0 Å². The van der Waals surface area contributed by atoms with Crippen LogP contribution in [0.5, 0.6) is 0 Å². The van der Waals surface area contributed by atoms with E-state index in [1.165, 1.54) is 6.42 Å². The van der Waals surface area contributed by atoms with Crippen molar-refractivity contribution in [1.29, 1.82) is 0 Å². The van der Waals surface area contributed by atoms with Crippen molar-refractivity contribution < 1.29 is 9.84 Å². The second kappa shape index (κ2) is 4.52. The van der Waals surface area contributed by atoms with Gasteiger partial charge in [0.1, 0.15) is 12.9 Å². The normalized spacial score (nSPS) is 21.6. The summed E-state index contributed by atoms with van der Waals surface area (Å²) in [5.41, 5.74) is 0. The zero-order valence-electron chi connectivity index (χ0n) is 8.09. The molecule has 1 aliphatic heterocycles. The van der Waals surface area contributed by atoms with Crippen molar-refractivity contribution in [2.75, 3.05) is 6.61 Å². The smallest absolute Gasteiger partial charge is 0.158 e. The van der Waals surface area contributed by atoms with E-state index < -0.39 is 0 Å². The van der Waals surface area contributed by atoms with Gasteiger partial charge in [-0.25, -0.2) is 0 Å². The molecule has 1 aromatic heterocycles. The molecule has 2 rings (SSSR count). The van der Waals surface area contributed by atoms with Gasteiger partial charge in [0.2, 0.25) is 0 Å². The molecule has 0 aromatic carbocycles. The Balaban J connectivity index is 1.84. The van der Waals surface area contributed by atoms with Gasteiger partial charge in [0.25, 0.3) is 0 Å². The molecule has 14 heavy (non-hydrogen) atoms. The first kappa shape index (κ1) is 9.61. The maximum atomic E-state index is 8.94. The predicted molar refractivity (Wildman–Crippen MR) is 49.5 cm³/mol. The highest BCUT2D eigenvalue weighted by atomic mass is 16.5. The van der Waals surface area contributed by atoms with Crippen LogP contribution < -0.4 is 0 Å². The summed E-state index contributed by atoms with van der Waals surface area (Å²) in [6.07, 6.45) is 5.32. The van der Waals surface area contributed by atoms with E-state index in [2.05, 4.69) is 10.2 Å². The summed E-state index contributed by atoms with van der Waals surface area (Å²) in [4.78, 5) is 0. The first-order chi connectivity index (χ1) is 6.90. The molecule has 1 saturated heterocycles. The van der Waals surface area contributed by atoms with Gasteiger partial charge in [0, 0.05) is 13.2 Å². The number of rotatable bonds is 4. The van der Waals surface area contributed by atoms with Crippen molar-refractivity contribution in [2.45, 2.75) is 38.5 Å². The molecule has 5 nitrogen and oxygen atoms in total. The standard InChI is InChI=1S/C9H15N3O2/c13-6-9-11-10-7-12(9)4-3-8-2-1-5-14-8/h7-8,13H,1-6H2. The van der Waals surface area contributed by atoms with Crippen molar-refractivity contribution in [3.05, 3.63) is 12.2 Å². The van der Waals surface area contributed by atoms with Gasteiger partial charge in [-0.2, -0.15) is 0 Å². The van der Waals surface area contributed by atoms with Crippen LogP contribution in [0.25, 0.3) is 0 Å². The molecule has 1 unspecified atom stereocenters. The van der Waals surface area contributed by atoms with Crippen LogP contribution in [-0.2, 0) is 17.9 Å². The topological polar surface area (TPSA) is 60.2 Å². The summed E-state index contributed by atoms with van der Waals surface area (Å²) < 4.78 is 7.38. The van der Waals surface area contributed by atoms with Crippen LogP contribution in [0.1, 0.15) is 25.1 Å². The van der Waals surface area contributed by atoms with Crippen molar-refractivity contribution >= 4 is 0 Å². The van der Waals surface area contributed by atoms with Crippen molar-refractivity contribution in [3.8, 4) is 0 Å². The van der Waals surface area contributed by atoms with Gasteiger partial charge in [-0.15, -0.1) is 10.2 Å². The number of hydrogen-bond acceptors (Lipinski definition) is 4. The highest BCUT2D eigenvalue weighted by Crippen LogP contribution is 2.16. The Bertz CT molecular complexity index is 281. The minimum absolute atomic E-state index is 0.0501. The first-order valence-electron chi connectivity index (χ1n) is 4.99. The fourth-order valence-electron chi connectivity index (χ4n) is 1.74. The minimum atomic E-state index is -0.0501. The molecule has 0 aliphatic carbocycles. The highest BCUT2D eigenvalue weighted by molar-refractivity contribution is 4.82. The Kier molecular flexibility index (Phi) is 3.10. The van der Waals surface area contributed by atoms with Crippen molar-refractivity contribution in [1.82, 2.24) is 14.8 Å². The molecule has 2 heterocycles. The first-order valence-corrected chi connectivity index (χ1v) is 4.99. The van der Waals surface area contributed by atoms with E-state index in [1.807, 2.05) is 4.57 Å². The average molecular weight is 197 g/mol. The van der Waals surface area contributed by atoms with E-state index >= 15 is 0 Å². The molecule has 1 aromatic rings. The molecule has 0 amide bonds. The lowest BCUT2D eigenvalue weighted by molar-refractivity contribution is 0.0997. The third kappa shape index (κ3) is 2.10. The molecule has 0 bridgehead atoms. The second-order valence-electron chi connectivity index (χ2n) is 3.52. The van der Waals surface area contributed by atoms with Crippen LogP contribution >= 0.6 is 0 Å². The van der Waals surface area contributed by atoms with Crippen LogP contribution in [0.15, 0.2) is 6.33 Å². The summed E-state index contributed by atoms with van der Waals surface area (Å²) >= 11 is 0. The fraction of sp³-hybridized carbons (Fsp3) is 0.778. The molecular formula is C9H15N3O2. The summed E-state index contributed by atoms with van der Waals surface area (Å²) in [5, 5.41) is 16.5. The Labute approximate surface area is 82.7 Å². The molecule has 1 fully saturated rings. The van der Waals surface area contributed by atoms with E-state index in [9.17, 15) is 0 Å². The van der Waals surface area contributed by atoms with Gasteiger partial charge >= 0.3 is 0 Å². The van der Waals surface area contributed by atoms with E-state index in [4.69, 9.17) is 9.84 Å². The number of hydrogen-bond donors (Lipinski definition) is 1. The molecular weight excluding hydrogens is 182 g/mol. The minimum Gasteiger partial charge on any atom is -0.388 e. The van der Waals surface area contributed by atoms with Gasteiger partial charge in [0.05, 0.1) is 6.10 Å². The third-order valence-corrected chi connectivity index (χ3v) is 2.55.